The van der Waals surface area contributed by atoms with E-state index >= 15 is 0 Å². The first-order valence-corrected chi connectivity index (χ1v) is 9.32. The molecule has 27 heavy (non-hydrogen) atoms. The highest BCUT2D eigenvalue weighted by Gasteiger charge is 2.37. The van der Waals surface area contributed by atoms with Gasteiger partial charge in [0, 0.05) is 19.3 Å². The van der Waals surface area contributed by atoms with E-state index in [0.717, 1.165) is 12.1 Å². The van der Waals surface area contributed by atoms with Crippen molar-refractivity contribution in [2.24, 2.45) is 0 Å². The maximum atomic E-state index is 13.4. The second kappa shape index (κ2) is 8.97. The number of carbonyl (C=O) groups is 1. The van der Waals surface area contributed by atoms with E-state index in [1.807, 2.05) is 44.1 Å². The van der Waals surface area contributed by atoms with Crippen molar-refractivity contribution < 1.29 is 14.3 Å². The van der Waals surface area contributed by atoms with Crippen molar-refractivity contribution >= 4 is 5.91 Å². The van der Waals surface area contributed by atoms with E-state index in [9.17, 15) is 4.79 Å². The van der Waals surface area contributed by atoms with Gasteiger partial charge >= 0.3 is 0 Å². The Bertz CT molecular complexity index is 751. The monoisotopic (exact) mass is 369 g/mol. The molecule has 0 N–H and O–H groups in total. The van der Waals surface area contributed by atoms with Crippen molar-refractivity contribution in [3.8, 4) is 5.88 Å². The van der Waals surface area contributed by atoms with Crippen LogP contribution < -0.4 is 4.74 Å². The molecule has 1 amide bonds. The van der Waals surface area contributed by atoms with E-state index in [1.54, 1.807) is 18.3 Å². The summed E-state index contributed by atoms with van der Waals surface area (Å²) >= 11 is 0. The van der Waals surface area contributed by atoms with Crippen LogP contribution in [0.25, 0.3) is 0 Å². The fraction of sp³-hybridized carbons (Fsp3) is 0.429. The third-order valence-electron chi connectivity index (χ3n) is 4.58. The van der Waals surface area contributed by atoms with Gasteiger partial charge in [-0.2, -0.15) is 0 Å². The van der Waals surface area contributed by atoms with Gasteiger partial charge in [0.25, 0.3) is 5.91 Å². The molecule has 1 aliphatic heterocycles. The van der Waals surface area contributed by atoms with Crippen LogP contribution >= 0.6 is 0 Å². The lowest BCUT2D eigenvalue weighted by molar-refractivity contribution is -0.0685. The number of benzene rings is 1. The summed E-state index contributed by atoms with van der Waals surface area (Å²) < 4.78 is 11.7. The number of likely N-dealkylation sites (N-methyl/N-ethyl adjacent to an activating group) is 1. The van der Waals surface area contributed by atoms with Gasteiger partial charge < -0.3 is 19.3 Å². The molecule has 3 rings (SSSR count). The van der Waals surface area contributed by atoms with Crippen LogP contribution in [0, 0.1) is 0 Å². The number of morpholine rings is 1. The SMILES string of the molecule is CCOc1ncccc1C(=O)N1CCO[C@@H](CN(C)C)[C@@H]1c1ccccc1. The highest BCUT2D eigenvalue weighted by molar-refractivity contribution is 5.96. The lowest BCUT2D eigenvalue weighted by Gasteiger charge is -2.42. The second-order valence-electron chi connectivity index (χ2n) is 6.81. The molecule has 0 spiro atoms. The third-order valence-corrected chi connectivity index (χ3v) is 4.58. The maximum Gasteiger partial charge on any atom is 0.260 e. The van der Waals surface area contributed by atoms with Crippen LogP contribution in [-0.2, 0) is 4.74 Å². The molecular formula is C21H27N3O3. The molecule has 0 saturated carbocycles. The zero-order valence-electron chi connectivity index (χ0n) is 16.2. The van der Waals surface area contributed by atoms with Crippen LogP contribution in [0.1, 0.15) is 28.9 Å². The molecule has 1 saturated heterocycles. The highest BCUT2D eigenvalue weighted by Crippen LogP contribution is 2.32. The van der Waals surface area contributed by atoms with Crippen molar-refractivity contribution in [1.82, 2.24) is 14.8 Å². The molecule has 1 aromatic heterocycles. The summed E-state index contributed by atoms with van der Waals surface area (Å²) in [5.41, 5.74) is 1.56. The average molecular weight is 369 g/mol. The molecule has 0 radical (unpaired) electrons. The molecule has 1 fully saturated rings. The van der Waals surface area contributed by atoms with E-state index < -0.39 is 0 Å². The first kappa shape index (κ1) is 19.3. The van der Waals surface area contributed by atoms with E-state index in [2.05, 4.69) is 22.0 Å². The molecule has 0 unspecified atom stereocenters. The van der Waals surface area contributed by atoms with Crippen molar-refractivity contribution in [1.29, 1.82) is 0 Å². The number of rotatable bonds is 6. The predicted octanol–water partition coefficient (Wildman–Crippen LogP) is 2.62. The van der Waals surface area contributed by atoms with Crippen LogP contribution in [0.4, 0.5) is 0 Å². The molecule has 6 nitrogen and oxygen atoms in total. The summed E-state index contributed by atoms with van der Waals surface area (Å²) in [4.78, 5) is 21.7. The molecule has 1 aliphatic rings. The summed E-state index contributed by atoms with van der Waals surface area (Å²) in [6, 6.07) is 13.5. The number of hydrogen-bond acceptors (Lipinski definition) is 5. The maximum absolute atomic E-state index is 13.4. The van der Waals surface area contributed by atoms with Gasteiger partial charge in [-0.1, -0.05) is 30.3 Å². The van der Waals surface area contributed by atoms with Gasteiger partial charge in [0.15, 0.2) is 0 Å². The van der Waals surface area contributed by atoms with Crippen molar-refractivity contribution in [2.75, 3.05) is 40.4 Å². The molecule has 0 aliphatic carbocycles. The van der Waals surface area contributed by atoms with E-state index in [4.69, 9.17) is 9.47 Å². The smallest absolute Gasteiger partial charge is 0.260 e. The molecule has 6 heteroatoms. The molecule has 2 aromatic rings. The predicted molar refractivity (Wildman–Crippen MR) is 104 cm³/mol. The summed E-state index contributed by atoms with van der Waals surface area (Å²) in [7, 11) is 4.03. The number of nitrogens with zero attached hydrogens (tertiary/aromatic N) is 3. The van der Waals surface area contributed by atoms with E-state index in [0.29, 0.717) is 31.2 Å². The minimum Gasteiger partial charge on any atom is -0.477 e. The zero-order valence-corrected chi connectivity index (χ0v) is 16.2. The summed E-state index contributed by atoms with van der Waals surface area (Å²) in [5.74, 6) is 0.305. The number of pyridine rings is 1. The van der Waals surface area contributed by atoms with E-state index in [-0.39, 0.29) is 18.1 Å². The molecule has 2 heterocycles. The van der Waals surface area contributed by atoms with Gasteiger partial charge in [0.1, 0.15) is 5.56 Å². The van der Waals surface area contributed by atoms with Crippen molar-refractivity contribution in [3.05, 3.63) is 59.8 Å². The van der Waals surface area contributed by atoms with Gasteiger partial charge in [0.05, 0.1) is 25.4 Å². The Labute approximate surface area is 160 Å². The quantitative estimate of drug-likeness (QED) is 0.783. The summed E-state index contributed by atoms with van der Waals surface area (Å²) in [6.45, 7) is 4.12. The molecule has 144 valence electrons. The lowest BCUT2D eigenvalue weighted by Crippen LogP contribution is -2.51. The number of carbonyl (C=O) groups excluding carboxylic acids is 1. The Morgan fingerprint density at radius 2 is 2.04 bits per heavy atom. The second-order valence-corrected chi connectivity index (χ2v) is 6.81. The number of hydrogen-bond donors (Lipinski definition) is 0. The van der Waals surface area contributed by atoms with Gasteiger partial charge in [-0.25, -0.2) is 4.98 Å². The highest BCUT2D eigenvalue weighted by atomic mass is 16.5. The van der Waals surface area contributed by atoms with Gasteiger partial charge in [-0.15, -0.1) is 0 Å². The minimum absolute atomic E-state index is 0.0764. The molecule has 1 aromatic carbocycles. The zero-order chi connectivity index (χ0) is 19.2. The first-order chi connectivity index (χ1) is 13.1. The fourth-order valence-corrected chi connectivity index (χ4v) is 3.48. The Hall–Kier alpha value is -2.44. The van der Waals surface area contributed by atoms with Gasteiger partial charge in [-0.05, 0) is 38.7 Å². The summed E-state index contributed by atoms with van der Waals surface area (Å²) in [6.07, 6.45) is 1.54. The minimum atomic E-state index is -0.162. The third kappa shape index (κ3) is 4.46. The van der Waals surface area contributed by atoms with Crippen molar-refractivity contribution in [3.63, 3.8) is 0 Å². The van der Waals surface area contributed by atoms with Crippen LogP contribution in [0.5, 0.6) is 5.88 Å². The van der Waals surface area contributed by atoms with Crippen molar-refractivity contribution in [2.45, 2.75) is 19.1 Å². The standard InChI is InChI=1S/C21H27N3O3/c1-4-26-20-17(11-8-12-22-20)21(25)24-13-14-27-18(15-23(2)3)19(24)16-9-6-5-7-10-16/h5-12,18-19H,4,13-15H2,1-3H3/t18-,19-/m0/s1. The normalized spacial score (nSPS) is 19.9. The Balaban J connectivity index is 1.97. The van der Waals surface area contributed by atoms with Gasteiger partial charge in [0.2, 0.25) is 5.88 Å². The number of amides is 1. The fourth-order valence-electron chi connectivity index (χ4n) is 3.48. The molecule has 2 atom stereocenters. The number of ether oxygens (including phenoxy) is 2. The lowest BCUT2D eigenvalue weighted by atomic mass is 9.96. The van der Waals surface area contributed by atoms with Crippen LogP contribution in [-0.4, -0.2) is 67.2 Å². The van der Waals surface area contributed by atoms with Crippen LogP contribution in [0.15, 0.2) is 48.7 Å². The van der Waals surface area contributed by atoms with Crippen LogP contribution in [0.3, 0.4) is 0 Å². The Kier molecular flexibility index (Phi) is 6.42. The largest absolute Gasteiger partial charge is 0.477 e. The van der Waals surface area contributed by atoms with Crippen LogP contribution in [0.2, 0.25) is 0 Å². The number of aromatic nitrogens is 1. The molecule has 0 bridgehead atoms. The van der Waals surface area contributed by atoms with Gasteiger partial charge in [-0.3, -0.25) is 4.79 Å². The van der Waals surface area contributed by atoms with E-state index in [1.165, 1.54) is 0 Å². The average Bonchev–Trinajstić information content (AvgIpc) is 2.68. The topological polar surface area (TPSA) is 54.9 Å². The molecular weight excluding hydrogens is 342 g/mol. The summed E-state index contributed by atoms with van der Waals surface area (Å²) in [5, 5.41) is 0. The Morgan fingerprint density at radius 1 is 1.26 bits per heavy atom. The first-order valence-electron chi connectivity index (χ1n) is 9.32. The Morgan fingerprint density at radius 3 is 2.74 bits per heavy atom.